The summed E-state index contributed by atoms with van der Waals surface area (Å²) in [6.07, 6.45) is 1.20. The van der Waals surface area contributed by atoms with E-state index in [0.29, 0.717) is 5.69 Å². The predicted octanol–water partition coefficient (Wildman–Crippen LogP) is 2.63. The number of nitrogens with one attached hydrogen (secondary N) is 2. The van der Waals surface area contributed by atoms with Gasteiger partial charge in [0.2, 0.25) is 11.6 Å². The Morgan fingerprint density at radius 2 is 2.05 bits per heavy atom. The molecule has 0 amide bonds. The summed E-state index contributed by atoms with van der Waals surface area (Å²) in [6.45, 7) is 0. The number of nitrogens with two attached hydrogens (primary N) is 1. The molecule has 0 fully saturated rings. The van der Waals surface area contributed by atoms with Crippen LogP contribution in [0.25, 0.3) is 10.1 Å². The Morgan fingerprint density at radius 1 is 1.24 bits per heavy atom. The summed E-state index contributed by atoms with van der Waals surface area (Å²) in [7, 11) is 0. The average molecular weight is 302 g/mol. The van der Waals surface area contributed by atoms with Crippen LogP contribution >= 0.6 is 11.3 Å². The van der Waals surface area contributed by atoms with E-state index < -0.39 is 4.92 Å². The lowest BCUT2D eigenvalue weighted by Gasteiger charge is -2.08. The highest BCUT2D eigenvalue weighted by Crippen LogP contribution is 2.32. The van der Waals surface area contributed by atoms with Crippen molar-refractivity contribution in [3.05, 3.63) is 46.1 Å². The molecule has 0 saturated heterocycles. The Kier molecular flexibility index (Phi) is 3.34. The lowest BCUT2D eigenvalue weighted by molar-refractivity contribution is -0.383. The second kappa shape index (κ2) is 5.31. The van der Waals surface area contributed by atoms with Crippen LogP contribution in [0.15, 0.2) is 36.0 Å². The van der Waals surface area contributed by atoms with E-state index in [9.17, 15) is 10.1 Å². The number of nitro groups is 1. The summed E-state index contributed by atoms with van der Waals surface area (Å²) in [5, 5.41) is 17.1. The predicted molar refractivity (Wildman–Crippen MR) is 81.6 cm³/mol. The number of anilines is 3. The lowest BCUT2D eigenvalue weighted by Crippen LogP contribution is -2.12. The summed E-state index contributed by atoms with van der Waals surface area (Å²) < 4.78 is 1.14. The Balaban J connectivity index is 2.02. The number of rotatable bonds is 4. The lowest BCUT2D eigenvalue weighted by atomic mass is 10.2. The topological polar surface area (TPSA) is 119 Å². The minimum Gasteiger partial charge on any atom is -0.334 e. The normalized spacial score (nSPS) is 10.5. The molecule has 0 unspecified atom stereocenters. The van der Waals surface area contributed by atoms with Gasteiger partial charge in [-0.3, -0.25) is 10.1 Å². The maximum Gasteiger partial charge on any atom is 0.354 e. The van der Waals surface area contributed by atoms with Gasteiger partial charge in [0.25, 0.3) is 0 Å². The summed E-state index contributed by atoms with van der Waals surface area (Å²) in [4.78, 5) is 18.2. The second-order valence-electron chi connectivity index (χ2n) is 4.12. The fourth-order valence-corrected chi connectivity index (χ4v) is 2.70. The van der Waals surface area contributed by atoms with Gasteiger partial charge in [-0.25, -0.2) is 15.8 Å². The molecule has 9 heteroatoms. The molecule has 4 N–H and O–H groups in total. The SMILES string of the molecule is NNc1ncnc(Nc2ccc3sccc3c2)c1[N+](=O)[O-]. The van der Waals surface area contributed by atoms with Gasteiger partial charge in [-0.2, -0.15) is 0 Å². The third kappa shape index (κ3) is 2.47. The van der Waals surface area contributed by atoms with Crippen molar-refractivity contribution in [3.63, 3.8) is 0 Å². The van der Waals surface area contributed by atoms with Crippen LogP contribution in [0, 0.1) is 10.1 Å². The first-order valence-corrected chi connectivity index (χ1v) is 6.77. The molecule has 0 aliphatic rings. The van der Waals surface area contributed by atoms with Crippen molar-refractivity contribution in [1.82, 2.24) is 9.97 Å². The Labute approximate surface area is 122 Å². The standard InChI is InChI=1S/C12H10N6O2S/c13-17-12-10(18(19)20)11(14-6-15-12)16-8-1-2-9-7(5-8)3-4-21-9/h1-6H,13H2,(H2,14,15,16,17). The van der Waals surface area contributed by atoms with Crippen LogP contribution in [-0.4, -0.2) is 14.9 Å². The molecular weight excluding hydrogens is 292 g/mol. The Hall–Kier alpha value is -2.78. The Morgan fingerprint density at radius 3 is 2.81 bits per heavy atom. The van der Waals surface area contributed by atoms with E-state index in [1.807, 2.05) is 29.6 Å². The van der Waals surface area contributed by atoms with E-state index in [4.69, 9.17) is 5.84 Å². The van der Waals surface area contributed by atoms with Crippen molar-refractivity contribution >= 4 is 44.4 Å². The molecule has 21 heavy (non-hydrogen) atoms. The summed E-state index contributed by atoms with van der Waals surface area (Å²) >= 11 is 1.63. The molecule has 0 saturated carbocycles. The zero-order valence-corrected chi connectivity index (χ0v) is 11.4. The zero-order valence-electron chi connectivity index (χ0n) is 10.6. The van der Waals surface area contributed by atoms with E-state index in [1.165, 1.54) is 6.33 Å². The number of hydrogen-bond acceptors (Lipinski definition) is 8. The van der Waals surface area contributed by atoms with E-state index >= 15 is 0 Å². The van der Waals surface area contributed by atoms with Gasteiger partial charge in [0, 0.05) is 10.4 Å². The van der Waals surface area contributed by atoms with Gasteiger partial charge in [-0.05, 0) is 35.0 Å². The molecule has 8 nitrogen and oxygen atoms in total. The highest BCUT2D eigenvalue weighted by atomic mass is 32.1. The molecule has 0 spiro atoms. The smallest absolute Gasteiger partial charge is 0.334 e. The minimum atomic E-state index is -0.583. The highest BCUT2D eigenvalue weighted by Gasteiger charge is 2.22. The first kappa shape index (κ1) is 13.2. The van der Waals surface area contributed by atoms with E-state index in [0.717, 1.165) is 10.1 Å². The van der Waals surface area contributed by atoms with Gasteiger partial charge in [-0.15, -0.1) is 11.3 Å². The largest absolute Gasteiger partial charge is 0.354 e. The number of thiophene rings is 1. The van der Waals surface area contributed by atoms with Crippen LogP contribution in [-0.2, 0) is 0 Å². The van der Waals surface area contributed by atoms with E-state index in [2.05, 4.69) is 20.7 Å². The Bertz CT molecular complexity index is 818. The van der Waals surface area contributed by atoms with Gasteiger partial charge in [0.1, 0.15) is 6.33 Å². The molecule has 3 rings (SSSR count). The number of benzene rings is 1. The van der Waals surface area contributed by atoms with Crippen molar-refractivity contribution in [1.29, 1.82) is 0 Å². The van der Waals surface area contributed by atoms with Crippen molar-refractivity contribution in [2.45, 2.75) is 0 Å². The number of fused-ring (bicyclic) bond motifs is 1. The summed E-state index contributed by atoms with van der Waals surface area (Å²) in [5.74, 6) is 5.27. The molecule has 2 aromatic heterocycles. The number of hydrazine groups is 1. The van der Waals surface area contributed by atoms with Crippen LogP contribution in [0.4, 0.5) is 23.0 Å². The third-order valence-corrected chi connectivity index (χ3v) is 3.75. The minimum absolute atomic E-state index is 0.0471. The molecule has 0 aliphatic carbocycles. The van der Waals surface area contributed by atoms with Crippen LogP contribution in [0.3, 0.4) is 0 Å². The monoisotopic (exact) mass is 302 g/mol. The van der Waals surface area contributed by atoms with Crippen LogP contribution in [0.1, 0.15) is 0 Å². The molecule has 106 valence electrons. The fraction of sp³-hybridized carbons (Fsp3) is 0. The van der Waals surface area contributed by atoms with Gasteiger partial charge in [-0.1, -0.05) is 0 Å². The number of hydrogen-bond donors (Lipinski definition) is 3. The van der Waals surface area contributed by atoms with Crippen molar-refractivity contribution in [2.24, 2.45) is 5.84 Å². The summed E-state index contributed by atoms with van der Waals surface area (Å²) in [6, 6.07) is 7.65. The van der Waals surface area contributed by atoms with Gasteiger partial charge < -0.3 is 10.7 Å². The van der Waals surface area contributed by atoms with Crippen LogP contribution in [0.5, 0.6) is 0 Å². The van der Waals surface area contributed by atoms with Gasteiger partial charge >= 0.3 is 5.69 Å². The average Bonchev–Trinajstić information content (AvgIpc) is 2.94. The quantitative estimate of drug-likeness (QED) is 0.385. The number of nitrogens with zero attached hydrogens (tertiary/aromatic N) is 3. The van der Waals surface area contributed by atoms with E-state index in [-0.39, 0.29) is 17.3 Å². The van der Waals surface area contributed by atoms with Crippen LogP contribution < -0.4 is 16.6 Å². The van der Waals surface area contributed by atoms with Crippen LogP contribution in [0.2, 0.25) is 0 Å². The maximum atomic E-state index is 11.2. The first-order chi connectivity index (χ1) is 10.2. The fourth-order valence-electron chi connectivity index (χ4n) is 1.93. The molecule has 0 aliphatic heterocycles. The zero-order chi connectivity index (χ0) is 14.8. The molecular formula is C12H10N6O2S. The molecule has 2 heterocycles. The second-order valence-corrected chi connectivity index (χ2v) is 5.07. The first-order valence-electron chi connectivity index (χ1n) is 5.89. The maximum absolute atomic E-state index is 11.2. The van der Waals surface area contributed by atoms with E-state index in [1.54, 1.807) is 11.3 Å². The number of nitrogen functional groups attached to an aromatic ring is 1. The molecule has 3 aromatic rings. The molecule has 0 radical (unpaired) electrons. The van der Waals surface area contributed by atoms with Crippen molar-refractivity contribution in [2.75, 3.05) is 10.7 Å². The van der Waals surface area contributed by atoms with Crippen molar-refractivity contribution in [3.8, 4) is 0 Å². The van der Waals surface area contributed by atoms with Crippen molar-refractivity contribution < 1.29 is 4.92 Å². The highest BCUT2D eigenvalue weighted by molar-refractivity contribution is 7.17. The molecule has 1 aromatic carbocycles. The van der Waals surface area contributed by atoms with Gasteiger partial charge in [0.05, 0.1) is 4.92 Å². The molecule has 0 atom stereocenters. The number of aromatic nitrogens is 2. The molecule has 0 bridgehead atoms. The van der Waals surface area contributed by atoms with Gasteiger partial charge in [0.15, 0.2) is 0 Å². The third-order valence-electron chi connectivity index (χ3n) is 2.86. The summed E-state index contributed by atoms with van der Waals surface area (Å²) in [5.41, 5.74) is 2.60.